The molecule has 2 aromatic carbocycles. The van der Waals surface area contributed by atoms with E-state index in [0.717, 1.165) is 37.4 Å². The van der Waals surface area contributed by atoms with Crippen LogP contribution in [-0.4, -0.2) is 24.3 Å². The lowest BCUT2D eigenvalue weighted by Crippen LogP contribution is -2.13. The second-order valence-electron chi connectivity index (χ2n) is 10.4. The van der Waals surface area contributed by atoms with Crippen LogP contribution >= 0.6 is 0 Å². The maximum Gasteiger partial charge on any atom is 0.343 e. The van der Waals surface area contributed by atoms with Crippen LogP contribution in [0.15, 0.2) is 48.5 Å². The van der Waals surface area contributed by atoms with Crippen molar-refractivity contribution in [3.63, 3.8) is 0 Å². The number of aliphatic hydroxyl groups excluding tert-OH is 1. The number of ether oxygens (including phenoxy) is 2. The van der Waals surface area contributed by atoms with E-state index < -0.39 is 0 Å². The van der Waals surface area contributed by atoms with E-state index in [1.807, 2.05) is 24.3 Å². The maximum absolute atomic E-state index is 12.6. The minimum Gasteiger partial charge on any atom is -0.494 e. The summed E-state index contributed by atoms with van der Waals surface area (Å²) in [6.45, 7) is 3.24. The highest BCUT2D eigenvalue weighted by Gasteiger charge is 2.22. The van der Waals surface area contributed by atoms with Crippen molar-refractivity contribution in [3.05, 3.63) is 59.7 Å². The Labute approximate surface area is 218 Å². The van der Waals surface area contributed by atoms with E-state index in [-0.39, 0.29) is 5.97 Å². The van der Waals surface area contributed by atoms with Gasteiger partial charge in [-0.25, -0.2) is 4.79 Å². The molecule has 2 aromatic rings. The number of unbranched alkanes of at least 4 members (excludes halogenated alkanes) is 7. The Kier molecular flexibility index (Phi) is 12.9. The lowest BCUT2D eigenvalue weighted by molar-refractivity contribution is 0.0734. The molecular formula is C32H46O4. The third kappa shape index (κ3) is 9.97. The van der Waals surface area contributed by atoms with Gasteiger partial charge in [0.15, 0.2) is 0 Å². The highest BCUT2D eigenvalue weighted by molar-refractivity contribution is 5.91. The zero-order valence-electron chi connectivity index (χ0n) is 22.3. The van der Waals surface area contributed by atoms with Crippen LogP contribution in [0.25, 0.3) is 0 Å². The molecule has 1 saturated carbocycles. The van der Waals surface area contributed by atoms with Gasteiger partial charge in [-0.2, -0.15) is 0 Å². The molecule has 0 amide bonds. The number of hydrogen-bond donors (Lipinski definition) is 1. The van der Waals surface area contributed by atoms with Gasteiger partial charge in [0.2, 0.25) is 0 Å². The van der Waals surface area contributed by atoms with E-state index in [2.05, 4.69) is 19.1 Å². The summed E-state index contributed by atoms with van der Waals surface area (Å²) in [6.07, 6.45) is 17.2. The van der Waals surface area contributed by atoms with E-state index in [1.54, 1.807) is 12.1 Å². The van der Waals surface area contributed by atoms with E-state index in [1.165, 1.54) is 69.8 Å². The number of esters is 1. The Morgan fingerprint density at radius 3 is 2.08 bits per heavy atom. The first-order valence-corrected chi connectivity index (χ1v) is 14.4. The van der Waals surface area contributed by atoms with Gasteiger partial charge < -0.3 is 14.6 Å². The largest absolute Gasteiger partial charge is 0.494 e. The average molecular weight is 495 g/mol. The quantitative estimate of drug-likeness (QED) is 0.144. The first-order chi connectivity index (χ1) is 17.7. The minimum atomic E-state index is -0.343. The van der Waals surface area contributed by atoms with Crippen LogP contribution in [0.2, 0.25) is 0 Å². The van der Waals surface area contributed by atoms with Crippen LogP contribution in [0.1, 0.15) is 119 Å². The fourth-order valence-corrected chi connectivity index (χ4v) is 5.24. The van der Waals surface area contributed by atoms with Gasteiger partial charge in [-0.1, -0.05) is 70.4 Å². The Bertz CT molecular complexity index is 851. The Balaban J connectivity index is 1.36. The summed E-state index contributed by atoms with van der Waals surface area (Å²) in [5.74, 6) is 2.57. The summed E-state index contributed by atoms with van der Waals surface area (Å²) in [7, 11) is 0. The van der Waals surface area contributed by atoms with E-state index in [0.29, 0.717) is 30.4 Å². The van der Waals surface area contributed by atoms with Crippen LogP contribution in [0.3, 0.4) is 0 Å². The Morgan fingerprint density at radius 2 is 1.42 bits per heavy atom. The molecule has 36 heavy (non-hydrogen) atoms. The Morgan fingerprint density at radius 1 is 0.778 bits per heavy atom. The molecule has 0 heterocycles. The van der Waals surface area contributed by atoms with Gasteiger partial charge in [0.25, 0.3) is 0 Å². The third-order valence-corrected chi connectivity index (χ3v) is 7.54. The van der Waals surface area contributed by atoms with Crippen LogP contribution in [0.4, 0.5) is 0 Å². The van der Waals surface area contributed by atoms with Crippen molar-refractivity contribution >= 4 is 5.97 Å². The smallest absolute Gasteiger partial charge is 0.343 e. The molecular weight excluding hydrogens is 448 g/mol. The van der Waals surface area contributed by atoms with Crippen molar-refractivity contribution < 1.29 is 19.4 Å². The van der Waals surface area contributed by atoms with Gasteiger partial charge in [0, 0.05) is 6.61 Å². The molecule has 1 fully saturated rings. The van der Waals surface area contributed by atoms with Gasteiger partial charge in [-0.3, -0.25) is 0 Å². The molecule has 0 radical (unpaired) electrons. The lowest BCUT2D eigenvalue weighted by Gasteiger charge is -2.29. The summed E-state index contributed by atoms with van der Waals surface area (Å²) >= 11 is 0. The highest BCUT2D eigenvalue weighted by Crippen LogP contribution is 2.38. The molecule has 0 unspecified atom stereocenters. The van der Waals surface area contributed by atoms with Crippen LogP contribution in [0, 0.1) is 5.92 Å². The van der Waals surface area contributed by atoms with E-state index in [9.17, 15) is 4.79 Å². The highest BCUT2D eigenvalue weighted by atomic mass is 16.5. The SMILES string of the molecule is CCCCCC1CCC(c2ccc(OC(=O)c3ccc(OCCCCCCCCO)cc3)cc2)CC1. The van der Waals surface area contributed by atoms with Gasteiger partial charge in [0.05, 0.1) is 12.2 Å². The molecule has 3 rings (SSSR count). The van der Waals surface area contributed by atoms with Crippen LogP contribution in [-0.2, 0) is 0 Å². The topological polar surface area (TPSA) is 55.8 Å². The second kappa shape index (κ2) is 16.4. The van der Waals surface area contributed by atoms with Crippen molar-refractivity contribution in [3.8, 4) is 11.5 Å². The van der Waals surface area contributed by atoms with Crippen molar-refractivity contribution in [1.82, 2.24) is 0 Å². The van der Waals surface area contributed by atoms with E-state index in [4.69, 9.17) is 14.6 Å². The lowest BCUT2D eigenvalue weighted by atomic mass is 9.77. The van der Waals surface area contributed by atoms with Crippen LogP contribution in [0.5, 0.6) is 11.5 Å². The summed E-state index contributed by atoms with van der Waals surface area (Å²) in [5.41, 5.74) is 1.89. The summed E-state index contributed by atoms with van der Waals surface area (Å²) in [6, 6.07) is 15.3. The standard InChI is InChI=1S/C32H46O4/c1-2-3-8-11-26-12-14-27(15-13-26)28-16-22-31(23-17-28)36-32(34)29-18-20-30(21-19-29)35-25-10-7-5-4-6-9-24-33/h16-23,26-27,33H,2-15,24-25H2,1H3. The molecule has 4 nitrogen and oxygen atoms in total. The molecule has 4 heteroatoms. The van der Waals surface area contributed by atoms with Crippen LogP contribution < -0.4 is 9.47 Å². The molecule has 0 saturated heterocycles. The van der Waals surface area contributed by atoms with E-state index >= 15 is 0 Å². The summed E-state index contributed by atoms with van der Waals surface area (Å²) in [4.78, 5) is 12.6. The number of carbonyl (C=O) groups is 1. The predicted molar refractivity (Wildman–Crippen MR) is 147 cm³/mol. The summed E-state index contributed by atoms with van der Waals surface area (Å²) < 4.78 is 11.4. The van der Waals surface area contributed by atoms with Crippen molar-refractivity contribution in [2.45, 2.75) is 103 Å². The number of hydrogen-bond acceptors (Lipinski definition) is 4. The molecule has 1 N–H and O–H groups in total. The molecule has 0 bridgehead atoms. The molecule has 198 valence electrons. The zero-order valence-corrected chi connectivity index (χ0v) is 22.3. The molecule has 0 aromatic heterocycles. The van der Waals surface area contributed by atoms with Gasteiger partial charge >= 0.3 is 5.97 Å². The van der Waals surface area contributed by atoms with Crippen molar-refractivity contribution in [1.29, 1.82) is 0 Å². The molecule has 0 atom stereocenters. The first-order valence-electron chi connectivity index (χ1n) is 14.4. The number of aliphatic hydroxyl groups is 1. The molecule has 1 aliphatic carbocycles. The number of rotatable bonds is 16. The molecule has 1 aliphatic rings. The Hall–Kier alpha value is -2.33. The minimum absolute atomic E-state index is 0.291. The molecule has 0 aliphatic heterocycles. The number of benzene rings is 2. The fraction of sp³-hybridized carbons (Fsp3) is 0.594. The third-order valence-electron chi connectivity index (χ3n) is 7.54. The monoisotopic (exact) mass is 494 g/mol. The van der Waals surface area contributed by atoms with Gasteiger partial charge in [-0.05, 0) is 92.3 Å². The predicted octanol–water partition coefficient (Wildman–Crippen LogP) is 8.47. The average Bonchev–Trinajstić information content (AvgIpc) is 2.91. The van der Waals surface area contributed by atoms with Crippen molar-refractivity contribution in [2.75, 3.05) is 13.2 Å². The summed E-state index contributed by atoms with van der Waals surface area (Å²) in [5, 5.41) is 8.80. The molecule has 0 spiro atoms. The zero-order chi connectivity index (χ0) is 25.4. The van der Waals surface area contributed by atoms with Crippen molar-refractivity contribution in [2.24, 2.45) is 5.92 Å². The first kappa shape index (κ1) is 28.2. The fourth-order valence-electron chi connectivity index (χ4n) is 5.24. The number of carbonyl (C=O) groups excluding carboxylic acids is 1. The normalized spacial score (nSPS) is 17.6. The maximum atomic E-state index is 12.6. The van der Waals surface area contributed by atoms with Gasteiger partial charge in [-0.15, -0.1) is 0 Å². The van der Waals surface area contributed by atoms with Gasteiger partial charge in [0.1, 0.15) is 11.5 Å². The second-order valence-corrected chi connectivity index (χ2v) is 10.4.